The molecule has 2 aliphatic rings. The summed E-state index contributed by atoms with van der Waals surface area (Å²) >= 11 is 1.86. The Labute approximate surface area is 377 Å². The molecule has 1 aliphatic carbocycles. The van der Waals surface area contributed by atoms with Gasteiger partial charge in [-0.3, -0.25) is 0 Å². The number of para-hydroxylation sites is 4. The summed E-state index contributed by atoms with van der Waals surface area (Å²) in [5, 5.41) is 2.56. The van der Waals surface area contributed by atoms with Crippen molar-refractivity contribution in [2.24, 2.45) is 0 Å². The van der Waals surface area contributed by atoms with Gasteiger partial charge in [-0.2, -0.15) is 0 Å². The predicted octanol–water partition coefficient (Wildman–Crippen LogP) is 17.0. The lowest BCUT2D eigenvalue weighted by Crippen LogP contribution is -2.36. The molecule has 0 radical (unpaired) electrons. The lowest BCUT2D eigenvalue weighted by Gasteiger charge is -2.45. The van der Waals surface area contributed by atoms with E-state index in [4.69, 9.17) is 0 Å². The summed E-state index contributed by atoms with van der Waals surface area (Å²) in [6.45, 7) is 0. The molecule has 2 heterocycles. The van der Waals surface area contributed by atoms with Gasteiger partial charge in [-0.1, -0.05) is 176 Å². The van der Waals surface area contributed by atoms with Crippen molar-refractivity contribution in [3.63, 3.8) is 0 Å². The van der Waals surface area contributed by atoms with E-state index < -0.39 is 5.41 Å². The van der Waals surface area contributed by atoms with Crippen molar-refractivity contribution in [2.75, 3.05) is 9.80 Å². The molecule has 0 saturated heterocycles. The summed E-state index contributed by atoms with van der Waals surface area (Å²) in [6.07, 6.45) is 0. The number of rotatable bonds is 6. The van der Waals surface area contributed by atoms with E-state index in [1.807, 2.05) is 11.3 Å². The fraction of sp³-hybridized carbons (Fsp3) is 0.0164. The first-order valence-electron chi connectivity index (χ1n) is 22.0. The van der Waals surface area contributed by atoms with Crippen LogP contribution in [0, 0.1) is 0 Å². The van der Waals surface area contributed by atoms with Gasteiger partial charge in [-0.05, 0) is 117 Å². The molecular formula is C61H40N2S. The van der Waals surface area contributed by atoms with Gasteiger partial charge < -0.3 is 9.80 Å². The molecule has 1 spiro atoms. The Kier molecular flexibility index (Phi) is 8.34. The maximum atomic E-state index is 2.51. The van der Waals surface area contributed by atoms with E-state index in [1.165, 1.54) is 87.2 Å². The minimum absolute atomic E-state index is 0.584. The molecule has 0 amide bonds. The molecule has 10 aromatic carbocycles. The monoisotopic (exact) mass is 832 g/mol. The first-order chi connectivity index (χ1) is 31.8. The summed E-state index contributed by atoms with van der Waals surface area (Å²) in [5.74, 6) is 0. The van der Waals surface area contributed by atoms with Crippen LogP contribution in [0.3, 0.4) is 0 Å². The second-order valence-electron chi connectivity index (χ2n) is 16.8. The van der Waals surface area contributed by atoms with E-state index in [-0.39, 0.29) is 0 Å². The van der Waals surface area contributed by atoms with E-state index in [0.717, 1.165) is 22.7 Å². The highest BCUT2D eigenvalue weighted by molar-refractivity contribution is 7.25. The third-order valence-electron chi connectivity index (χ3n) is 13.5. The van der Waals surface area contributed by atoms with E-state index >= 15 is 0 Å². The van der Waals surface area contributed by atoms with Gasteiger partial charge in [0.25, 0.3) is 0 Å². The highest BCUT2D eigenvalue weighted by atomic mass is 32.1. The van der Waals surface area contributed by atoms with Crippen molar-refractivity contribution in [1.82, 2.24) is 0 Å². The zero-order valence-corrected chi connectivity index (χ0v) is 35.7. The van der Waals surface area contributed by atoms with Crippen LogP contribution >= 0.6 is 11.3 Å². The molecule has 0 atom stereocenters. The van der Waals surface area contributed by atoms with Gasteiger partial charge in [0.2, 0.25) is 0 Å². The van der Waals surface area contributed by atoms with Crippen LogP contribution in [0.5, 0.6) is 0 Å². The fourth-order valence-electron chi connectivity index (χ4n) is 10.9. The summed E-state index contributed by atoms with van der Waals surface area (Å²) in [7, 11) is 0. The van der Waals surface area contributed by atoms with E-state index in [0.29, 0.717) is 0 Å². The Balaban J connectivity index is 1.10. The van der Waals surface area contributed by atoms with Gasteiger partial charge in [-0.15, -0.1) is 11.3 Å². The SMILES string of the molecule is c1ccc(-c2ccccc2-c2ccccc2N(c2ccc3c(c2)C2(c4ccccc4-3)c3ccccc3N(c3ccccc3)c3ccccc32)c2ccc3sc4ccccc4c3c2)cc1. The maximum Gasteiger partial charge on any atom is 0.0755 e. The Hall–Kier alpha value is -7.98. The Morgan fingerprint density at radius 3 is 1.64 bits per heavy atom. The van der Waals surface area contributed by atoms with Crippen LogP contribution in [0.1, 0.15) is 22.3 Å². The van der Waals surface area contributed by atoms with E-state index in [1.54, 1.807) is 0 Å². The van der Waals surface area contributed by atoms with Crippen molar-refractivity contribution in [1.29, 1.82) is 0 Å². The largest absolute Gasteiger partial charge is 0.310 e. The Bertz CT molecular complexity index is 3540. The highest BCUT2D eigenvalue weighted by Crippen LogP contribution is 2.64. The van der Waals surface area contributed by atoms with Crippen molar-refractivity contribution in [2.45, 2.75) is 5.41 Å². The maximum absolute atomic E-state index is 2.51. The van der Waals surface area contributed by atoms with Crippen LogP contribution in [0.4, 0.5) is 34.1 Å². The van der Waals surface area contributed by atoms with Gasteiger partial charge in [0.05, 0.1) is 22.5 Å². The number of hydrogen-bond acceptors (Lipinski definition) is 3. The second kappa shape index (κ2) is 14.6. The molecule has 0 saturated carbocycles. The summed E-state index contributed by atoms with van der Waals surface area (Å²) in [6, 6.07) is 89.7. The van der Waals surface area contributed by atoms with E-state index in [9.17, 15) is 0 Å². The molecule has 1 aromatic heterocycles. The third kappa shape index (κ3) is 5.38. The molecule has 1 aliphatic heterocycles. The van der Waals surface area contributed by atoms with Crippen LogP contribution in [-0.4, -0.2) is 0 Å². The van der Waals surface area contributed by atoms with Crippen LogP contribution in [0.25, 0.3) is 53.6 Å². The number of nitrogens with zero attached hydrogens (tertiary/aromatic N) is 2. The molecule has 3 heteroatoms. The predicted molar refractivity (Wildman–Crippen MR) is 270 cm³/mol. The van der Waals surface area contributed by atoms with Crippen LogP contribution < -0.4 is 9.80 Å². The van der Waals surface area contributed by atoms with Gasteiger partial charge in [-0.25, -0.2) is 0 Å². The average Bonchev–Trinajstić information content (AvgIpc) is 3.88. The van der Waals surface area contributed by atoms with Crippen LogP contribution in [0.15, 0.2) is 243 Å². The highest BCUT2D eigenvalue weighted by Gasteiger charge is 2.51. The number of benzene rings is 10. The lowest BCUT2D eigenvalue weighted by molar-refractivity contribution is 0.752. The summed E-state index contributed by atoms with van der Waals surface area (Å²) in [5.41, 5.74) is 18.7. The Morgan fingerprint density at radius 2 is 0.875 bits per heavy atom. The molecule has 300 valence electrons. The molecule has 0 N–H and O–H groups in total. The number of hydrogen-bond donors (Lipinski definition) is 0. The zero-order chi connectivity index (χ0) is 42.2. The standard InChI is InChI=1S/C61H40N2S/c1-3-19-41(20-4-1)45-23-7-8-24-46(45)49-26-10-15-31-56(49)62(43-36-38-60-51(39-43)50-27-11-18-34-59(50)64-60)44-35-37-48-47-25-9-12-28-52(47)61(55(48)40-44)53-29-13-16-32-57(53)63(42-21-5-2-6-22-42)58-33-17-14-30-54(58)61/h1-40H. The smallest absolute Gasteiger partial charge is 0.0755 e. The minimum Gasteiger partial charge on any atom is -0.310 e. The molecule has 11 aromatic rings. The van der Waals surface area contributed by atoms with Crippen molar-refractivity contribution >= 4 is 65.6 Å². The molecule has 2 nitrogen and oxygen atoms in total. The number of thiophene rings is 1. The zero-order valence-electron chi connectivity index (χ0n) is 34.9. The van der Waals surface area contributed by atoms with Crippen molar-refractivity contribution in [3.8, 4) is 33.4 Å². The topological polar surface area (TPSA) is 6.48 Å². The van der Waals surface area contributed by atoms with Crippen LogP contribution in [0.2, 0.25) is 0 Å². The molecule has 13 rings (SSSR count). The first-order valence-corrected chi connectivity index (χ1v) is 22.8. The van der Waals surface area contributed by atoms with Gasteiger partial charge in [0.1, 0.15) is 0 Å². The first kappa shape index (κ1) is 36.7. The second-order valence-corrected chi connectivity index (χ2v) is 17.9. The summed E-state index contributed by atoms with van der Waals surface area (Å²) < 4.78 is 2.59. The van der Waals surface area contributed by atoms with E-state index in [2.05, 4.69) is 252 Å². The minimum atomic E-state index is -0.584. The Morgan fingerprint density at radius 1 is 0.344 bits per heavy atom. The molecule has 0 bridgehead atoms. The number of anilines is 6. The molecule has 0 fully saturated rings. The quantitative estimate of drug-likeness (QED) is 0.165. The van der Waals surface area contributed by atoms with Crippen LogP contribution in [-0.2, 0) is 5.41 Å². The van der Waals surface area contributed by atoms with Gasteiger partial charge >= 0.3 is 0 Å². The van der Waals surface area contributed by atoms with Gasteiger partial charge in [0.15, 0.2) is 0 Å². The number of fused-ring (bicyclic) bond motifs is 12. The molecular weight excluding hydrogens is 793 g/mol. The van der Waals surface area contributed by atoms with Gasteiger partial charge in [0, 0.05) is 42.8 Å². The summed E-state index contributed by atoms with van der Waals surface area (Å²) in [4.78, 5) is 4.96. The normalized spacial score (nSPS) is 13.1. The fourth-order valence-corrected chi connectivity index (χ4v) is 11.9. The van der Waals surface area contributed by atoms with Crippen molar-refractivity contribution in [3.05, 3.63) is 265 Å². The molecule has 64 heavy (non-hydrogen) atoms. The van der Waals surface area contributed by atoms with Crippen molar-refractivity contribution < 1.29 is 0 Å². The average molecular weight is 833 g/mol. The third-order valence-corrected chi connectivity index (χ3v) is 14.6. The lowest BCUT2D eigenvalue weighted by atomic mass is 9.64. The molecule has 0 unspecified atom stereocenters.